The van der Waals surface area contributed by atoms with Gasteiger partial charge < -0.3 is 14.8 Å². The number of benzene rings is 2. The Balaban J connectivity index is 1.78. The van der Waals surface area contributed by atoms with Crippen LogP contribution in [0.5, 0.6) is 11.5 Å². The molecule has 2 aromatic rings. The van der Waals surface area contributed by atoms with Gasteiger partial charge in [0.25, 0.3) is 0 Å². The molecule has 27 heavy (non-hydrogen) atoms. The van der Waals surface area contributed by atoms with Crippen molar-refractivity contribution in [2.45, 2.75) is 39.7 Å². The zero-order chi connectivity index (χ0) is 19.6. The Morgan fingerprint density at radius 1 is 1.11 bits per heavy atom. The van der Waals surface area contributed by atoms with E-state index >= 15 is 0 Å². The maximum Gasteiger partial charge on any atom is 0.234 e. The summed E-state index contributed by atoms with van der Waals surface area (Å²) in [7, 11) is 0. The third-order valence-electron chi connectivity index (χ3n) is 4.05. The third-order valence-corrected chi connectivity index (χ3v) is 4.05. The molecule has 0 bridgehead atoms. The van der Waals surface area contributed by atoms with Crippen molar-refractivity contribution in [3.63, 3.8) is 0 Å². The van der Waals surface area contributed by atoms with Gasteiger partial charge in [-0.1, -0.05) is 38.1 Å². The summed E-state index contributed by atoms with van der Waals surface area (Å²) in [6.07, 6.45) is -0.124. The summed E-state index contributed by atoms with van der Waals surface area (Å²) in [5.74, 6) is 1.80. The lowest BCUT2D eigenvalue weighted by atomic mass is 10.0. The molecule has 0 spiro atoms. The molecule has 1 amide bonds. The van der Waals surface area contributed by atoms with Crippen LogP contribution in [-0.4, -0.2) is 19.1 Å². The average molecular weight is 366 g/mol. The van der Waals surface area contributed by atoms with Crippen molar-refractivity contribution >= 4 is 5.91 Å². The highest BCUT2D eigenvalue weighted by Crippen LogP contribution is 2.27. The van der Waals surface area contributed by atoms with Gasteiger partial charge >= 0.3 is 0 Å². The fourth-order valence-corrected chi connectivity index (χ4v) is 2.59. The van der Waals surface area contributed by atoms with Gasteiger partial charge in [0.05, 0.1) is 6.07 Å². The first-order valence-electron chi connectivity index (χ1n) is 9.08. The number of amides is 1. The normalized spacial score (nSPS) is 10.3. The Labute approximate surface area is 160 Å². The van der Waals surface area contributed by atoms with E-state index in [2.05, 4.69) is 44.3 Å². The number of rotatable bonds is 9. The molecule has 0 aliphatic heterocycles. The van der Waals surface area contributed by atoms with E-state index in [-0.39, 0.29) is 12.3 Å². The van der Waals surface area contributed by atoms with E-state index in [0.29, 0.717) is 25.7 Å². The molecule has 142 valence electrons. The molecule has 0 aliphatic carbocycles. The largest absolute Gasteiger partial charge is 0.490 e. The molecule has 0 aromatic heterocycles. The summed E-state index contributed by atoms with van der Waals surface area (Å²) < 4.78 is 11.6. The Morgan fingerprint density at radius 3 is 2.48 bits per heavy atom. The molecule has 5 nitrogen and oxygen atoms in total. The first-order chi connectivity index (χ1) is 13.0. The van der Waals surface area contributed by atoms with Crippen molar-refractivity contribution in [3.8, 4) is 17.6 Å². The van der Waals surface area contributed by atoms with Crippen molar-refractivity contribution in [2.75, 3.05) is 13.2 Å². The third kappa shape index (κ3) is 6.67. The highest BCUT2D eigenvalue weighted by atomic mass is 16.5. The van der Waals surface area contributed by atoms with E-state index in [4.69, 9.17) is 14.7 Å². The number of carbonyl (C=O) groups is 1. The first-order valence-corrected chi connectivity index (χ1v) is 9.08. The Hall–Kier alpha value is -3.00. The van der Waals surface area contributed by atoms with Gasteiger partial charge in [0, 0.05) is 6.54 Å². The van der Waals surface area contributed by atoms with Crippen molar-refractivity contribution in [1.29, 1.82) is 5.26 Å². The summed E-state index contributed by atoms with van der Waals surface area (Å²) in [5, 5.41) is 11.2. The molecule has 0 atom stereocenters. The summed E-state index contributed by atoms with van der Waals surface area (Å²) in [5.41, 5.74) is 3.32. The highest BCUT2D eigenvalue weighted by Gasteiger charge is 2.08. The van der Waals surface area contributed by atoms with Crippen LogP contribution in [0.4, 0.5) is 0 Å². The standard InChI is InChI=1S/C22H26N2O3/c1-16(2)20-9-4-17(3)14-21(20)27-13-12-26-19-7-5-18(6-8-19)15-24-22(25)10-11-23/h4-9,14,16H,10,12-13,15H2,1-3H3,(H,24,25). The minimum atomic E-state index is -0.271. The number of nitrogens with zero attached hydrogens (tertiary/aromatic N) is 1. The number of aryl methyl sites for hydroxylation is 1. The quantitative estimate of drug-likeness (QED) is 0.678. The maximum atomic E-state index is 11.3. The predicted molar refractivity (Wildman–Crippen MR) is 105 cm³/mol. The second-order valence-electron chi connectivity index (χ2n) is 6.65. The zero-order valence-electron chi connectivity index (χ0n) is 16.1. The topological polar surface area (TPSA) is 71.3 Å². The van der Waals surface area contributed by atoms with E-state index in [1.807, 2.05) is 30.3 Å². The molecule has 0 saturated heterocycles. The minimum Gasteiger partial charge on any atom is -0.490 e. The van der Waals surface area contributed by atoms with Crippen LogP contribution in [0.15, 0.2) is 42.5 Å². The van der Waals surface area contributed by atoms with Crippen molar-refractivity contribution in [1.82, 2.24) is 5.32 Å². The second-order valence-corrected chi connectivity index (χ2v) is 6.65. The van der Waals surface area contributed by atoms with Crippen LogP contribution in [0.1, 0.15) is 42.9 Å². The summed E-state index contributed by atoms with van der Waals surface area (Å²) in [4.78, 5) is 11.3. The second kappa shape index (κ2) is 10.2. The number of hydrogen-bond donors (Lipinski definition) is 1. The first kappa shape index (κ1) is 20.3. The van der Waals surface area contributed by atoms with Crippen LogP contribution >= 0.6 is 0 Å². The SMILES string of the molecule is Cc1ccc(C(C)C)c(OCCOc2ccc(CNC(=O)CC#N)cc2)c1. The lowest BCUT2D eigenvalue weighted by molar-refractivity contribution is -0.120. The van der Waals surface area contributed by atoms with E-state index in [9.17, 15) is 4.79 Å². The molecule has 2 aromatic carbocycles. The van der Waals surface area contributed by atoms with E-state index in [0.717, 1.165) is 17.1 Å². The molecule has 0 saturated carbocycles. The van der Waals surface area contributed by atoms with Crippen molar-refractivity contribution < 1.29 is 14.3 Å². The zero-order valence-corrected chi connectivity index (χ0v) is 16.1. The lowest BCUT2D eigenvalue weighted by Crippen LogP contribution is -2.21. The Kier molecular flexibility index (Phi) is 7.69. The van der Waals surface area contributed by atoms with Gasteiger partial charge in [-0.05, 0) is 47.7 Å². The Morgan fingerprint density at radius 2 is 1.81 bits per heavy atom. The fraction of sp³-hybridized carbons (Fsp3) is 0.364. The van der Waals surface area contributed by atoms with Crippen LogP contribution in [0.3, 0.4) is 0 Å². The number of carbonyl (C=O) groups excluding carboxylic acids is 1. The smallest absolute Gasteiger partial charge is 0.234 e. The Bertz CT molecular complexity index is 792. The van der Waals surface area contributed by atoms with E-state index < -0.39 is 0 Å². The number of nitrogens with one attached hydrogen (secondary N) is 1. The molecule has 0 radical (unpaired) electrons. The van der Waals surface area contributed by atoms with Crippen molar-refractivity contribution in [3.05, 3.63) is 59.2 Å². The molecule has 5 heteroatoms. The van der Waals surface area contributed by atoms with Crippen LogP contribution in [0.2, 0.25) is 0 Å². The molecule has 1 N–H and O–H groups in total. The number of ether oxygens (including phenoxy) is 2. The summed E-state index contributed by atoms with van der Waals surface area (Å²) in [6.45, 7) is 7.67. The monoisotopic (exact) mass is 366 g/mol. The van der Waals surface area contributed by atoms with Crippen LogP contribution in [-0.2, 0) is 11.3 Å². The molecular formula is C22H26N2O3. The number of hydrogen-bond acceptors (Lipinski definition) is 4. The van der Waals surface area contributed by atoms with Gasteiger partial charge in [0.15, 0.2) is 0 Å². The van der Waals surface area contributed by atoms with Gasteiger partial charge in [-0.15, -0.1) is 0 Å². The van der Waals surface area contributed by atoms with Gasteiger partial charge in [0.1, 0.15) is 31.1 Å². The highest BCUT2D eigenvalue weighted by molar-refractivity contribution is 5.77. The molecule has 0 aliphatic rings. The van der Waals surface area contributed by atoms with Crippen LogP contribution in [0, 0.1) is 18.3 Å². The van der Waals surface area contributed by atoms with E-state index in [1.54, 1.807) is 0 Å². The van der Waals surface area contributed by atoms with Crippen molar-refractivity contribution in [2.24, 2.45) is 0 Å². The summed E-state index contributed by atoms with van der Waals surface area (Å²) in [6, 6.07) is 15.6. The van der Waals surface area contributed by atoms with Gasteiger partial charge in [-0.2, -0.15) is 5.26 Å². The van der Waals surface area contributed by atoms with Gasteiger partial charge in [0.2, 0.25) is 5.91 Å². The molecule has 2 rings (SSSR count). The average Bonchev–Trinajstić information content (AvgIpc) is 2.64. The molecular weight excluding hydrogens is 340 g/mol. The minimum absolute atomic E-state index is 0.124. The predicted octanol–water partition coefficient (Wildman–Crippen LogP) is 4.11. The van der Waals surface area contributed by atoms with Crippen LogP contribution in [0.25, 0.3) is 0 Å². The van der Waals surface area contributed by atoms with E-state index in [1.165, 1.54) is 11.1 Å². The van der Waals surface area contributed by atoms with Gasteiger partial charge in [-0.25, -0.2) is 0 Å². The summed E-state index contributed by atoms with van der Waals surface area (Å²) >= 11 is 0. The number of nitriles is 1. The molecule has 0 fully saturated rings. The fourth-order valence-electron chi connectivity index (χ4n) is 2.59. The molecule has 0 unspecified atom stereocenters. The van der Waals surface area contributed by atoms with Crippen LogP contribution < -0.4 is 14.8 Å². The van der Waals surface area contributed by atoms with Gasteiger partial charge in [-0.3, -0.25) is 4.79 Å². The maximum absolute atomic E-state index is 11.3. The lowest BCUT2D eigenvalue weighted by Gasteiger charge is -2.15. The molecule has 0 heterocycles.